The van der Waals surface area contributed by atoms with Crippen molar-refractivity contribution in [1.29, 1.82) is 0 Å². The van der Waals surface area contributed by atoms with Crippen molar-refractivity contribution >= 4 is 17.4 Å². The van der Waals surface area contributed by atoms with Crippen molar-refractivity contribution in [2.75, 3.05) is 6.61 Å². The van der Waals surface area contributed by atoms with Crippen molar-refractivity contribution in [3.05, 3.63) is 89.1 Å². The maximum absolute atomic E-state index is 13.1. The lowest BCUT2D eigenvalue weighted by Crippen LogP contribution is -2.29. The molecule has 0 spiro atoms. The lowest BCUT2D eigenvalue weighted by molar-refractivity contribution is -0.140. The molecular weight excluding hydrogens is 420 g/mol. The van der Waals surface area contributed by atoms with E-state index in [2.05, 4.69) is 11.9 Å². The Bertz CT molecular complexity index is 1180. The van der Waals surface area contributed by atoms with Gasteiger partial charge in [0, 0.05) is 24.5 Å². The van der Waals surface area contributed by atoms with E-state index in [1.54, 1.807) is 67.8 Å². The van der Waals surface area contributed by atoms with Crippen LogP contribution in [0.15, 0.2) is 70.9 Å². The summed E-state index contributed by atoms with van der Waals surface area (Å²) in [6, 6.07) is 13.1. The van der Waals surface area contributed by atoms with Crippen LogP contribution >= 0.6 is 0 Å². The maximum atomic E-state index is 13.1. The van der Waals surface area contributed by atoms with Crippen LogP contribution in [0, 0.1) is 6.92 Å². The van der Waals surface area contributed by atoms with Gasteiger partial charge < -0.3 is 19.2 Å². The van der Waals surface area contributed by atoms with E-state index >= 15 is 0 Å². The predicted octanol–water partition coefficient (Wildman–Crippen LogP) is 4.78. The van der Waals surface area contributed by atoms with Gasteiger partial charge in [-0.3, -0.25) is 14.6 Å². The smallest absolute Gasteiger partial charge is 0.296 e. The lowest BCUT2D eigenvalue weighted by Gasteiger charge is -2.23. The number of carbonyl (C=O) groups is 2. The zero-order valence-electron chi connectivity index (χ0n) is 18.7. The summed E-state index contributed by atoms with van der Waals surface area (Å²) < 4.78 is 11.6. The Morgan fingerprint density at radius 2 is 1.94 bits per heavy atom. The summed E-state index contributed by atoms with van der Waals surface area (Å²) >= 11 is 0. The molecule has 7 heteroatoms. The number of benzene rings is 1. The highest BCUT2D eigenvalue weighted by atomic mass is 16.5. The molecule has 0 saturated carbocycles. The molecule has 1 atom stereocenters. The second kappa shape index (κ2) is 9.73. The monoisotopic (exact) mass is 446 g/mol. The molecule has 1 unspecified atom stereocenters. The fourth-order valence-electron chi connectivity index (χ4n) is 3.85. The summed E-state index contributed by atoms with van der Waals surface area (Å²) in [6.45, 7) is 4.60. The van der Waals surface area contributed by atoms with Crippen LogP contribution in [0.1, 0.15) is 48.5 Å². The van der Waals surface area contributed by atoms with Gasteiger partial charge in [0.1, 0.15) is 29.1 Å². The van der Waals surface area contributed by atoms with E-state index in [9.17, 15) is 14.7 Å². The third-order valence-corrected chi connectivity index (χ3v) is 5.55. The summed E-state index contributed by atoms with van der Waals surface area (Å²) in [7, 11) is 0. The summed E-state index contributed by atoms with van der Waals surface area (Å²) in [5.74, 6) is -0.0568. The van der Waals surface area contributed by atoms with Gasteiger partial charge in [0.05, 0.1) is 12.2 Å². The molecule has 1 amide bonds. The van der Waals surface area contributed by atoms with Gasteiger partial charge in [-0.05, 0) is 55.3 Å². The molecule has 2 aromatic heterocycles. The number of nitrogens with zero attached hydrogens (tertiary/aromatic N) is 2. The number of rotatable bonds is 8. The van der Waals surface area contributed by atoms with Gasteiger partial charge in [0.2, 0.25) is 0 Å². The van der Waals surface area contributed by atoms with Crippen molar-refractivity contribution in [3.8, 4) is 5.75 Å². The highest BCUT2D eigenvalue weighted by molar-refractivity contribution is 6.46. The number of carbonyl (C=O) groups excluding carboxylic acids is 2. The Morgan fingerprint density at radius 3 is 2.64 bits per heavy atom. The molecular formula is C26H26N2O5. The standard InChI is InChI=1S/C26H26N2O5/c1-3-4-14-32-20-7-5-6-19(15-20)24(29)22-23(21-9-8-17(2)33-21)28(26(31)25(22)30)16-18-10-12-27-13-11-18/h5-13,15,23,29H,3-4,14,16H2,1-2H3/b24-22+. The number of ketones is 1. The predicted molar refractivity (Wildman–Crippen MR) is 122 cm³/mol. The second-order valence-corrected chi connectivity index (χ2v) is 7.96. The molecule has 1 aromatic carbocycles. The molecule has 1 aliphatic heterocycles. The maximum Gasteiger partial charge on any atom is 0.296 e. The van der Waals surface area contributed by atoms with E-state index < -0.39 is 17.7 Å². The minimum atomic E-state index is -0.850. The number of hydrogen-bond donors (Lipinski definition) is 1. The van der Waals surface area contributed by atoms with Crippen LogP contribution in [0.4, 0.5) is 0 Å². The van der Waals surface area contributed by atoms with E-state index in [1.807, 2.05) is 0 Å². The Hall–Kier alpha value is -3.87. The van der Waals surface area contributed by atoms with Crippen molar-refractivity contribution < 1.29 is 23.8 Å². The van der Waals surface area contributed by atoms with E-state index in [0.29, 0.717) is 29.4 Å². The minimum Gasteiger partial charge on any atom is -0.507 e. The first-order valence-electron chi connectivity index (χ1n) is 11.0. The molecule has 0 aliphatic carbocycles. The molecule has 1 fully saturated rings. The van der Waals surface area contributed by atoms with E-state index in [1.165, 1.54) is 4.90 Å². The summed E-state index contributed by atoms with van der Waals surface area (Å²) in [5.41, 5.74) is 1.21. The molecule has 1 saturated heterocycles. The van der Waals surface area contributed by atoms with Crippen molar-refractivity contribution in [3.63, 3.8) is 0 Å². The third-order valence-electron chi connectivity index (χ3n) is 5.55. The van der Waals surface area contributed by atoms with Crippen LogP contribution in [0.2, 0.25) is 0 Å². The SMILES string of the molecule is CCCCOc1cccc(/C(O)=C2\C(=O)C(=O)N(Cc3ccncc3)C2c2ccc(C)o2)c1. The highest BCUT2D eigenvalue weighted by Gasteiger charge is 2.47. The van der Waals surface area contributed by atoms with Crippen LogP contribution < -0.4 is 4.74 Å². The largest absolute Gasteiger partial charge is 0.507 e. The second-order valence-electron chi connectivity index (χ2n) is 7.96. The molecule has 170 valence electrons. The summed E-state index contributed by atoms with van der Waals surface area (Å²) in [6.07, 6.45) is 5.17. The molecule has 1 aliphatic rings. The number of Topliss-reactive ketones (excluding diaryl/α,β-unsaturated/α-hetero) is 1. The van der Waals surface area contributed by atoms with Crippen molar-refractivity contribution in [2.45, 2.75) is 39.3 Å². The van der Waals surface area contributed by atoms with Crippen LogP contribution in [-0.4, -0.2) is 33.3 Å². The van der Waals surface area contributed by atoms with Crippen LogP contribution in [0.5, 0.6) is 5.75 Å². The first-order valence-corrected chi connectivity index (χ1v) is 11.0. The number of aliphatic hydroxyl groups is 1. The zero-order valence-corrected chi connectivity index (χ0v) is 18.7. The molecule has 3 heterocycles. The summed E-state index contributed by atoms with van der Waals surface area (Å²) in [4.78, 5) is 31.6. The number of amides is 1. The number of furan rings is 1. The molecule has 33 heavy (non-hydrogen) atoms. The summed E-state index contributed by atoms with van der Waals surface area (Å²) in [5, 5.41) is 11.2. The van der Waals surface area contributed by atoms with Crippen molar-refractivity contribution in [1.82, 2.24) is 9.88 Å². The molecule has 4 rings (SSSR count). The van der Waals surface area contributed by atoms with Crippen LogP contribution in [-0.2, 0) is 16.1 Å². The lowest BCUT2D eigenvalue weighted by atomic mass is 9.99. The zero-order chi connectivity index (χ0) is 23.4. The third kappa shape index (κ3) is 4.67. The average molecular weight is 447 g/mol. The van der Waals surface area contributed by atoms with E-state index in [0.717, 1.165) is 18.4 Å². The molecule has 0 radical (unpaired) electrons. The Kier molecular flexibility index (Phi) is 6.58. The average Bonchev–Trinajstić information content (AvgIpc) is 3.36. The number of aliphatic hydroxyl groups excluding tert-OH is 1. The normalized spacial score (nSPS) is 17.5. The Balaban J connectivity index is 1.76. The van der Waals surface area contributed by atoms with Gasteiger partial charge in [0.25, 0.3) is 11.7 Å². The first kappa shape index (κ1) is 22.3. The van der Waals surface area contributed by atoms with Crippen LogP contribution in [0.25, 0.3) is 5.76 Å². The fraction of sp³-hybridized carbons (Fsp3) is 0.269. The number of ether oxygens (including phenoxy) is 1. The molecule has 1 N–H and O–H groups in total. The van der Waals surface area contributed by atoms with E-state index in [-0.39, 0.29) is 17.9 Å². The first-order chi connectivity index (χ1) is 16.0. The molecule has 3 aromatic rings. The molecule has 0 bridgehead atoms. The molecule has 7 nitrogen and oxygen atoms in total. The Labute approximate surface area is 192 Å². The number of unbranched alkanes of at least 4 members (excludes halogenated alkanes) is 1. The quantitative estimate of drug-likeness (QED) is 0.232. The highest BCUT2D eigenvalue weighted by Crippen LogP contribution is 2.41. The van der Waals surface area contributed by atoms with E-state index in [4.69, 9.17) is 9.15 Å². The number of aryl methyl sites for hydroxylation is 1. The Morgan fingerprint density at radius 1 is 1.15 bits per heavy atom. The van der Waals surface area contributed by atoms with Crippen molar-refractivity contribution in [2.24, 2.45) is 0 Å². The fourth-order valence-corrected chi connectivity index (χ4v) is 3.85. The number of hydrogen-bond acceptors (Lipinski definition) is 6. The van der Waals surface area contributed by atoms with Gasteiger partial charge in [-0.25, -0.2) is 0 Å². The van der Waals surface area contributed by atoms with Gasteiger partial charge in [0.15, 0.2) is 0 Å². The number of likely N-dealkylation sites (tertiary alicyclic amines) is 1. The number of aromatic nitrogens is 1. The van der Waals surface area contributed by atoms with Crippen LogP contribution in [0.3, 0.4) is 0 Å². The van der Waals surface area contributed by atoms with Gasteiger partial charge in [-0.2, -0.15) is 0 Å². The minimum absolute atomic E-state index is 0.00545. The number of pyridine rings is 1. The van der Waals surface area contributed by atoms with Gasteiger partial charge in [-0.15, -0.1) is 0 Å². The van der Waals surface area contributed by atoms with Gasteiger partial charge in [-0.1, -0.05) is 25.5 Å². The van der Waals surface area contributed by atoms with Gasteiger partial charge >= 0.3 is 0 Å². The topological polar surface area (TPSA) is 92.9 Å².